The molecule has 2 atom stereocenters. The van der Waals surface area contributed by atoms with Gasteiger partial charge in [0, 0.05) is 6.04 Å². The second-order valence-corrected chi connectivity index (χ2v) is 7.83. The molecule has 0 aromatic heterocycles. The molecule has 1 heterocycles. The lowest BCUT2D eigenvalue weighted by Crippen LogP contribution is -2.74. The molecule has 0 radical (unpaired) electrons. The van der Waals surface area contributed by atoms with Crippen molar-refractivity contribution in [2.75, 3.05) is 0 Å². The summed E-state index contributed by atoms with van der Waals surface area (Å²) < 4.78 is 0. The Hall–Kier alpha value is -1.06. The van der Waals surface area contributed by atoms with Crippen LogP contribution in [0.2, 0.25) is 0 Å². The van der Waals surface area contributed by atoms with E-state index in [0.717, 1.165) is 32.1 Å². The largest absolute Gasteiger partial charge is 0.342 e. The highest BCUT2D eigenvalue weighted by Gasteiger charge is 2.55. The highest BCUT2D eigenvalue weighted by molar-refractivity contribution is 6.00. The van der Waals surface area contributed by atoms with Gasteiger partial charge in [-0.15, -0.1) is 0 Å². The smallest absolute Gasteiger partial charge is 0.246 e. The molecule has 0 aromatic carbocycles. The molecule has 1 N–H and O–H groups in total. The summed E-state index contributed by atoms with van der Waals surface area (Å²) in [6.07, 6.45) is 5.75. The third-order valence-corrected chi connectivity index (χ3v) is 5.22. The van der Waals surface area contributed by atoms with Gasteiger partial charge in [-0.1, -0.05) is 47.0 Å². The zero-order chi connectivity index (χ0) is 15.8. The van der Waals surface area contributed by atoms with Gasteiger partial charge < -0.3 is 10.2 Å². The Morgan fingerprint density at radius 1 is 1.24 bits per heavy atom. The number of carbonyl (C=O) groups is 2. The van der Waals surface area contributed by atoms with Crippen LogP contribution in [0.3, 0.4) is 0 Å². The third-order valence-electron chi connectivity index (χ3n) is 5.22. The predicted molar refractivity (Wildman–Crippen MR) is 83.8 cm³/mol. The average molecular weight is 294 g/mol. The van der Waals surface area contributed by atoms with Gasteiger partial charge in [-0.3, -0.25) is 9.59 Å². The number of nitrogens with one attached hydrogen (secondary N) is 1. The van der Waals surface area contributed by atoms with Gasteiger partial charge in [-0.25, -0.2) is 0 Å². The van der Waals surface area contributed by atoms with E-state index in [9.17, 15) is 9.59 Å². The minimum atomic E-state index is -0.591. The summed E-state index contributed by atoms with van der Waals surface area (Å²) in [5.41, 5.74) is -0.846. The fraction of sp³-hybridized carbons (Fsp3) is 0.882. The lowest BCUT2D eigenvalue weighted by molar-refractivity contribution is -0.166. The Bertz CT molecular complexity index is 419. The predicted octanol–water partition coefficient (Wildman–Crippen LogP) is 2.86. The van der Waals surface area contributed by atoms with Crippen LogP contribution >= 0.6 is 0 Å². The van der Waals surface area contributed by atoms with Crippen molar-refractivity contribution in [3.63, 3.8) is 0 Å². The van der Waals surface area contributed by atoms with Gasteiger partial charge in [0.2, 0.25) is 11.8 Å². The zero-order valence-corrected chi connectivity index (χ0v) is 14.2. The van der Waals surface area contributed by atoms with E-state index in [1.807, 2.05) is 25.7 Å². The van der Waals surface area contributed by atoms with E-state index in [4.69, 9.17) is 0 Å². The Morgan fingerprint density at radius 2 is 1.81 bits per heavy atom. The molecule has 0 bridgehead atoms. The second-order valence-electron chi connectivity index (χ2n) is 7.83. The van der Waals surface area contributed by atoms with Crippen molar-refractivity contribution < 1.29 is 9.59 Å². The molecular weight excluding hydrogens is 264 g/mol. The minimum Gasteiger partial charge on any atom is -0.342 e. The molecule has 2 aliphatic rings. The number of carbonyl (C=O) groups excluding carboxylic acids is 2. The second kappa shape index (κ2) is 5.62. The maximum Gasteiger partial charge on any atom is 0.246 e. The first-order valence-electron chi connectivity index (χ1n) is 8.38. The molecule has 2 fully saturated rings. The molecule has 2 amide bonds. The summed E-state index contributed by atoms with van der Waals surface area (Å²) in [5, 5.41) is 3.05. The number of amides is 2. The fourth-order valence-corrected chi connectivity index (χ4v) is 3.80. The number of hydrogen-bond acceptors (Lipinski definition) is 2. The first-order valence-corrected chi connectivity index (χ1v) is 8.38. The van der Waals surface area contributed by atoms with Crippen molar-refractivity contribution in [1.29, 1.82) is 0 Å². The molecule has 2 rings (SSSR count). The quantitative estimate of drug-likeness (QED) is 0.851. The number of piperazine rings is 1. The molecule has 0 aromatic rings. The normalized spacial score (nSPS) is 27.7. The fourth-order valence-electron chi connectivity index (χ4n) is 3.80. The summed E-state index contributed by atoms with van der Waals surface area (Å²) in [6, 6.07) is -0.293. The third kappa shape index (κ3) is 2.69. The molecule has 2 unspecified atom stereocenters. The van der Waals surface area contributed by atoms with Crippen LogP contribution in [0.15, 0.2) is 0 Å². The SMILES string of the molecule is CCC(C)N1C(=O)C(C(C)(C)C)NC(=O)C12CCCCC2. The van der Waals surface area contributed by atoms with Gasteiger partial charge in [-0.05, 0) is 31.6 Å². The Balaban J connectivity index is 2.42. The molecule has 1 saturated carbocycles. The Labute approximate surface area is 128 Å². The lowest BCUT2D eigenvalue weighted by Gasteiger charge is -2.54. The van der Waals surface area contributed by atoms with E-state index in [1.54, 1.807) is 0 Å². The molecular formula is C17H30N2O2. The van der Waals surface area contributed by atoms with Gasteiger partial charge in [0.1, 0.15) is 11.6 Å². The monoisotopic (exact) mass is 294 g/mol. The van der Waals surface area contributed by atoms with Crippen molar-refractivity contribution in [3.05, 3.63) is 0 Å². The van der Waals surface area contributed by atoms with Crippen LogP contribution in [-0.4, -0.2) is 34.3 Å². The first kappa shape index (κ1) is 16.3. The van der Waals surface area contributed by atoms with Crippen LogP contribution in [0.5, 0.6) is 0 Å². The summed E-state index contributed by atoms with van der Waals surface area (Å²) in [7, 11) is 0. The van der Waals surface area contributed by atoms with Gasteiger partial charge in [0.25, 0.3) is 0 Å². The number of nitrogens with zero attached hydrogens (tertiary/aromatic N) is 1. The lowest BCUT2D eigenvalue weighted by atomic mass is 9.74. The van der Waals surface area contributed by atoms with Crippen molar-refractivity contribution in [3.8, 4) is 0 Å². The summed E-state index contributed by atoms with van der Waals surface area (Å²) in [5.74, 6) is 0.181. The van der Waals surface area contributed by atoms with Gasteiger partial charge in [0.05, 0.1) is 0 Å². The summed E-state index contributed by atoms with van der Waals surface area (Å²) in [6.45, 7) is 10.2. The Morgan fingerprint density at radius 3 is 2.29 bits per heavy atom. The van der Waals surface area contributed by atoms with Crippen LogP contribution in [0, 0.1) is 5.41 Å². The van der Waals surface area contributed by atoms with Crippen LogP contribution in [-0.2, 0) is 9.59 Å². The van der Waals surface area contributed by atoms with E-state index in [1.165, 1.54) is 6.42 Å². The molecule has 1 spiro atoms. The average Bonchev–Trinajstić information content (AvgIpc) is 2.42. The van der Waals surface area contributed by atoms with Gasteiger partial charge in [0.15, 0.2) is 0 Å². The van der Waals surface area contributed by atoms with Gasteiger partial charge in [-0.2, -0.15) is 0 Å². The van der Waals surface area contributed by atoms with Crippen LogP contribution in [0.1, 0.15) is 73.1 Å². The van der Waals surface area contributed by atoms with Crippen LogP contribution < -0.4 is 5.32 Å². The molecule has 120 valence electrons. The highest BCUT2D eigenvalue weighted by atomic mass is 16.2. The Kier molecular flexibility index (Phi) is 4.36. The van der Waals surface area contributed by atoms with Crippen LogP contribution in [0.25, 0.3) is 0 Å². The van der Waals surface area contributed by atoms with Crippen molar-refractivity contribution >= 4 is 11.8 Å². The van der Waals surface area contributed by atoms with E-state index >= 15 is 0 Å². The van der Waals surface area contributed by atoms with Crippen molar-refractivity contribution in [2.45, 2.75) is 90.8 Å². The number of rotatable bonds is 2. The highest BCUT2D eigenvalue weighted by Crippen LogP contribution is 2.40. The molecule has 1 aliphatic carbocycles. The van der Waals surface area contributed by atoms with Gasteiger partial charge >= 0.3 is 0 Å². The van der Waals surface area contributed by atoms with E-state index in [-0.39, 0.29) is 23.3 Å². The molecule has 4 heteroatoms. The van der Waals surface area contributed by atoms with Crippen molar-refractivity contribution in [1.82, 2.24) is 10.2 Å². The summed E-state index contributed by atoms with van der Waals surface area (Å²) >= 11 is 0. The molecule has 1 aliphatic heterocycles. The van der Waals surface area contributed by atoms with E-state index in [2.05, 4.69) is 19.2 Å². The maximum atomic E-state index is 13.1. The molecule has 4 nitrogen and oxygen atoms in total. The van der Waals surface area contributed by atoms with E-state index in [0.29, 0.717) is 0 Å². The minimum absolute atomic E-state index is 0.0713. The maximum absolute atomic E-state index is 13.1. The van der Waals surface area contributed by atoms with Crippen LogP contribution in [0.4, 0.5) is 0 Å². The standard InChI is InChI=1S/C17H30N2O2/c1-6-12(2)19-14(20)13(16(3,4)5)18-15(21)17(19)10-8-7-9-11-17/h12-13H,6-11H2,1-5H3,(H,18,21). The number of hydrogen-bond donors (Lipinski definition) is 1. The topological polar surface area (TPSA) is 49.4 Å². The molecule has 21 heavy (non-hydrogen) atoms. The first-order chi connectivity index (χ1) is 9.74. The van der Waals surface area contributed by atoms with E-state index < -0.39 is 11.6 Å². The molecule has 1 saturated heterocycles. The van der Waals surface area contributed by atoms with Crippen molar-refractivity contribution in [2.24, 2.45) is 5.41 Å². The zero-order valence-electron chi connectivity index (χ0n) is 14.2. The summed E-state index contributed by atoms with van der Waals surface area (Å²) in [4.78, 5) is 27.9.